The molecular weight excluding hydrogens is 154 g/mol. The molecule has 1 atom stereocenters. The summed E-state index contributed by atoms with van der Waals surface area (Å²) in [7, 11) is 0. The second-order valence-electron chi connectivity index (χ2n) is 3.63. The number of hydrogen-bond acceptors (Lipinski definition) is 3. The number of nitrogens with one attached hydrogen (secondary N) is 1. The summed E-state index contributed by atoms with van der Waals surface area (Å²) in [5.74, 6) is 0. The molecule has 0 bridgehead atoms. The van der Waals surface area contributed by atoms with Crippen molar-refractivity contribution in [3.05, 3.63) is 11.8 Å². The summed E-state index contributed by atoms with van der Waals surface area (Å²) in [5, 5.41) is 12.2. The molecule has 1 aliphatic carbocycles. The van der Waals surface area contributed by atoms with Gasteiger partial charge in [-0.1, -0.05) is 6.08 Å². The first-order valence-corrected chi connectivity index (χ1v) is 4.64. The Hall–Kier alpha value is -0.540. The van der Waals surface area contributed by atoms with Crippen LogP contribution in [0, 0.1) is 0 Å². The van der Waals surface area contributed by atoms with Crippen LogP contribution in [0.15, 0.2) is 11.8 Å². The average Bonchev–Trinajstić information content (AvgIpc) is 2.18. The SMILES string of the molecule is OO[C@@]12CCCC=C1NCCC2. The number of piperidine rings is 1. The first-order chi connectivity index (χ1) is 5.87. The fourth-order valence-corrected chi connectivity index (χ4v) is 2.19. The van der Waals surface area contributed by atoms with Crippen LogP contribution in [-0.2, 0) is 4.89 Å². The van der Waals surface area contributed by atoms with Crippen LogP contribution in [0.1, 0.15) is 32.1 Å². The lowest BCUT2D eigenvalue weighted by atomic mass is 9.81. The molecule has 0 saturated carbocycles. The molecule has 68 valence electrons. The van der Waals surface area contributed by atoms with Gasteiger partial charge in [-0.2, -0.15) is 0 Å². The minimum atomic E-state index is -0.378. The van der Waals surface area contributed by atoms with E-state index in [1.807, 2.05) is 0 Å². The first kappa shape index (κ1) is 8.08. The molecule has 2 rings (SSSR count). The fraction of sp³-hybridized carbons (Fsp3) is 0.778. The Balaban J connectivity index is 2.23. The second kappa shape index (κ2) is 3.07. The van der Waals surface area contributed by atoms with Gasteiger partial charge in [-0.15, -0.1) is 0 Å². The van der Waals surface area contributed by atoms with Crippen molar-refractivity contribution >= 4 is 0 Å². The van der Waals surface area contributed by atoms with Crippen LogP contribution in [0.5, 0.6) is 0 Å². The predicted molar refractivity (Wildman–Crippen MR) is 45.6 cm³/mol. The van der Waals surface area contributed by atoms with E-state index in [4.69, 9.17) is 5.26 Å². The molecule has 0 aromatic carbocycles. The molecule has 0 radical (unpaired) electrons. The Labute approximate surface area is 72.3 Å². The summed E-state index contributed by atoms with van der Waals surface area (Å²) in [6, 6.07) is 0. The molecule has 0 aromatic heterocycles. The van der Waals surface area contributed by atoms with E-state index in [1.54, 1.807) is 0 Å². The van der Waals surface area contributed by atoms with Crippen LogP contribution in [0.2, 0.25) is 0 Å². The van der Waals surface area contributed by atoms with Crippen molar-refractivity contribution in [1.82, 2.24) is 5.32 Å². The molecule has 2 N–H and O–H groups in total. The minimum Gasteiger partial charge on any atom is -0.386 e. The number of rotatable bonds is 1. The maximum absolute atomic E-state index is 8.90. The van der Waals surface area contributed by atoms with Gasteiger partial charge in [-0.3, -0.25) is 5.26 Å². The highest BCUT2D eigenvalue weighted by Crippen LogP contribution is 2.36. The third-order valence-electron chi connectivity index (χ3n) is 2.87. The topological polar surface area (TPSA) is 41.5 Å². The van der Waals surface area contributed by atoms with Gasteiger partial charge in [0, 0.05) is 12.2 Å². The number of fused-ring (bicyclic) bond motifs is 1. The highest BCUT2D eigenvalue weighted by Gasteiger charge is 2.39. The van der Waals surface area contributed by atoms with Gasteiger partial charge in [0.2, 0.25) is 0 Å². The van der Waals surface area contributed by atoms with Gasteiger partial charge < -0.3 is 5.32 Å². The Kier molecular flexibility index (Phi) is 2.07. The van der Waals surface area contributed by atoms with Gasteiger partial charge in [0.15, 0.2) is 0 Å². The zero-order chi connectivity index (χ0) is 8.44. The Morgan fingerprint density at radius 3 is 3.00 bits per heavy atom. The van der Waals surface area contributed by atoms with E-state index in [1.165, 1.54) is 0 Å². The van der Waals surface area contributed by atoms with Gasteiger partial charge in [-0.25, -0.2) is 4.89 Å². The van der Waals surface area contributed by atoms with E-state index in [0.29, 0.717) is 0 Å². The van der Waals surface area contributed by atoms with Gasteiger partial charge in [0.1, 0.15) is 5.60 Å². The van der Waals surface area contributed by atoms with Crippen molar-refractivity contribution in [1.29, 1.82) is 0 Å². The van der Waals surface area contributed by atoms with Gasteiger partial charge >= 0.3 is 0 Å². The van der Waals surface area contributed by atoms with E-state index < -0.39 is 0 Å². The van der Waals surface area contributed by atoms with Gasteiger partial charge in [-0.05, 0) is 32.1 Å². The molecule has 1 heterocycles. The van der Waals surface area contributed by atoms with Gasteiger partial charge in [0.25, 0.3) is 0 Å². The van der Waals surface area contributed by atoms with Crippen molar-refractivity contribution in [3.8, 4) is 0 Å². The lowest BCUT2D eigenvalue weighted by Gasteiger charge is -2.39. The third kappa shape index (κ3) is 1.13. The first-order valence-electron chi connectivity index (χ1n) is 4.64. The smallest absolute Gasteiger partial charge is 0.142 e. The second-order valence-corrected chi connectivity index (χ2v) is 3.63. The molecule has 3 heteroatoms. The molecule has 1 fully saturated rings. The van der Waals surface area contributed by atoms with Crippen molar-refractivity contribution in [2.45, 2.75) is 37.7 Å². The molecule has 0 unspecified atom stereocenters. The standard InChI is InChI=1S/C9H15NO2/c11-12-9-5-2-1-4-8(9)10-7-3-6-9/h4,10-11H,1-3,5-7H2/t9-/m1/s1. The van der Waals surface area contributed by atoms with Crippen LogP contribution >= 0.6 is 0 Å². The minimum absolute atomic E-state index is 0.378. The molecular formula is C9H15NO2. The molecule has 0 spiro atoms. The van der Waals surface area contributed by atoms with Gasteiger partial charge in [0.05, 0.1) is 0 Å². The molecule has 1 saturated heterocycles. The largest absolute Gasteiger partial charge is 0.386 e. The van der Waals surface area contributed by atoms with Crippen LogP contribution in [-0.4, -0.2) is 17.4 Å². The van der Waals surface area contributed by atoms with Crippen molar-refractivity contribution in [2.24, 2.45) is 0 Å². The quantitative estimate of drug-likeness (QED) is 0.463. The fourth-order valence-electron chi connectivity index (χ4n) is 2.19. The summed E-state index contributed by atoms with van der Waals surface area (Å²) in [5.41, 5.74) is 0.721. The summed E-state index contributed by atoms with van der Waals surface area (Å²) >= 11 is 0. The average molecular weight is 169 g/mol. The van der Waals surface area contributed by atoms with Crippen LogP contribution in [0.4, 0.5) is 0 Å². The number of hydrogen-bond donors (Lipinski definition) is 2. The van der Waals surface area contributed by atoms with E-state index in [9.17, 15) is 0 Å². The summed E-state index contributed by atoms with van der Waals surface area (Å²) in [6.45, 7) is 1.01. The van der Waals surface area contributed by atoms with Crippen molar-refractivity contribution < 1.29 is 10.1 Å². The molecule has 0 amide bonds. The highest BCUT2D eigenvalue weighted by atomic mass is 17.1. The van der Waals surface area contributed by atoms with E-state index in [2.05, 4.69) is 16.3 Å². The van der Waals surface area contributed by atoms with E-state index >= 15 is 0 Å². The van der Waals surface area contributed by atoms with Crippen LogP contribution in [0.25, 0.3) is 0 Å². The normalized spacial score (nSPS) is 34.9. The number of allylic oxidation sites excluding steroid dienone is 1. The maximum atomic E-state index is 8.90. The third-order valence-corrected chi connectivity index (χ3v) is 2.87. The molecule has 2 aliphatic rings. The zero-order valence-corrected chi connectivity index (χ0v) is 7.18. The van der Waals surface area contributed by atoms with Crippen molar-refractivity contribution in [2.75, 3.05) is 6.54 Å². The summed E-state index contributed by atoms with van der Waals surface area (Å²) in [6.07, 6.45) is 7.35. The molecule has 3 nitrogen and oxygen atoms in total. The Bertz CT molecular complexity index is 203. The van der Waals surface area contributed by atoms with Crippen LogP contribution < -0.4 is 5.32 Å². The van der Waals surface area contributed by atoms with E-state index in [-0.39, 0.29) is 5.60 Å². The monoisotopic (exact) mass is 169 g/mol. The van der Waals surface area contributed by atoms with E-state index in [0.717, 1.165) is 44.3 Å². The van der Waals surface area contributed by atoms with Crippen LogP contribution in [0.3, 0.4) is 0 Å². The summed E-state index contributed by atoms with van der Waals surface area (Å²) < 4.78 is 0. The molecule has 0 aromatic rings. The van der Waals surface area contributed by atoms with Crippen molar-refractivity contribution in [3.63, 3.8) is 0 Å². The Morgan fingerprint density at radius 1 is 1.42 bits per heavy atom. The predicted octanol–water partition coefficient (Wildman–Crippen LogP) is 1.67. The molecule has 1 aliphatic heterocycles. The lowest BCUT2D eigenvalue weighted by Crippen LogP contribution is -2.46. The Morgan fingerprint density at radius 2 is 2.25 bits per heavy atom. The lowest BCUT2D eigenvalue weighted by molar-refractivity contribution is -0.319. The summed E-state index contributed by atoms with van der Waals surface area (Å²) in [4.78, 5) is 4.65. The highest BCUT2D eigenvalue weighted by molar-refractivity contribution is 5.20. The zero-order valence-electron chi connectivity index (χ0n) is 7.18. The molecule has 12 heavy (non-hydrogen) atoms. The maximum Gasteiger partial charge on any atom is 0.142 e.